The number of methoxy groups -OCH3 is 1. The Hall–Kier alpha value is -2.70. The molecule has 1 N–H and O–H groups in total. The van der Waals surface area contributed by atoms with Crippen molar-refractivity contribution in [2.45, 2.75) is 0 Å². The molecular formula is C14H12F2N2O3. The Balaban J connectivity index is 2.30. The molecule has 2 rings (SSSR count). The molecule has 0 spiro atoms. The van der Waals surface area contributed by atoms with Gasteiger partial charge in [0.15, 0.2) is 17.4 Å². The minimum absolute atomic E-state index is 0.0607. The molecule has 7 heteroatoms. The van der Waals surface area contributed by atoms with Crippen LogP contribution in [0, 0.1) is 11.6 Å². The monoisotopic (exact) mass is 294 g/mol. The summed E-state index contributed by atoms with van der Waals surface area (Å²) >= 11 is 0. The average Bonchev–Trinajstić information content (AvgIpc) is 2.44. The number of aryl methyl sites for hydroxylation is 1. The Morgan fingerprint density at radius 3 is 2.57 bits per heavy atom. The highest BCUT2D eigenvalue weighted by Crippen LogP contribution is 2.14. The first-order chi connectivity index (χ1) is 9.92. The van der Waals surface area contributed by atoms with Gasteiger partial charge in [0.25, 0.3) is 5.91 Å². The number of anilines is 1. The normalized spacial score (nSPS) is 10.3. The predicted octanol–water partition coefficient (Wildman–Crippen LogP) is 1.92. The van der Waals surface area contributed by atoms with E-state index in [1.165, 1.54) is 23.9 Å². The number of nitrogens with zero attached hydrogens (tertiary/aromatic N) is 1. The topological polar surface area (TPSA) is 60.3 Å². The highest BCUT2D eigenvalue weighted by molar-refractivity contribution is 6.03. The summed E-state index contributed by atoms with van der Waals surface area (Å²) in [7, 11) is 2.90. The standard InChI is InChI=1S/C14H12F2N2O3/c1-18-7-13(21-2)12(19)6-11(18)14(20)17-8-3-4-9(15)10(16)5-8/h3-7H,1-2H3,(H,17,20). The SMILES string of the molecule is COc1cn(C)c(C(=O)Nc2ccc(F)c(F)c2)cc1=O. The minimum Gasteiger partial charge on any atom is -0.491 e. The van der Waals surface area contributed by atoms with Crippen molar-refractivity contribution in [2.75, 3.05) is 12.4 Å². The Labute approximate surface area is 118 Å². The van der Waals surface area contributed by atoms with Gasteiger partial charge in [-0.15, -0.1) is 0 Å². The Bertz CT molecular complexity index is 756. The molecule has 0 aliphatic carbocycles. The number of carbonyl (C=O) groups is 1. The number of benzene rings is 1. The van der Waals surface area contributed by atoms with Crippen molar-refractivity contribution in [1.29, 1.82) is 0 Å². The number of pyridine rings is 1. The Morgan fingerprint density at radius 1 is 1.24 bits per heavy atom. The molecule has 0 unspecified atom stereocenters. The van der Waals surface area contributed by atoms with E-state index in [1.54, 1.807) is 7.05 Å². The van der Waals surface area contributed by atoms with Gasteiger partial charge in [0, 0.05) is 24.9 Å². The first-order valence-electron chi connectivity index (χ1n) is 5.93. The van der Waals surface area contributed by atoms with E-state index >= 15 is 0 Å². The Kier molecular flexibility index (Phi) is 4.02. The van der Waals surface area contributed by atoms with Crippen LogP contribution in [0.15, 0.2) is 35.3 Å². The lowest BCUT2D eigenvalue weighted by atomic mass is 10.2. The van der Waals surface area contributed by atoms with Gasteiger partial charge in [-0.25, -0.2) is 8.78 Å². The van der Waals surface area contributed by atoms with Crippen LogP contribution in [-0.4, -0.2) is 17.6 Å². The second-order valence-electron chi connectivity index (χ2n) is 4.29. The number of hydrogen-bond donors (Lipinski definition) is 1. The number of halogens is 2. The molecule has 1 aromatic heterocycles. The maximum atomic E-state index is 13.1. The zero-order valence-corrected chi connectivity index (χ0v) is 11.3. The fourth-order valence-electron chi connectivity index (χ4n) is 1.75. The molecule has 1 aromatic carbocycles. The first-order valence-corrected chi connectivity index (χ1v) is 5.93. The molecule has 0 aliphatic rings. The molecule has 21 heavy (non-hydrogen) atoms. The smallest absolute Gasteiger partial charge is 0.272 e. The van der Waals surface area contributed by atoms with Crippen LogP contribution >= 0.6 is 0 Å². The van der Waals surface area contributed by atoms with Crippen molar-refractivity contribution >= 4 is 11.6 Å². The predicted molar refractivity (Wildman–Crippen MR) is 72.5 cm³/mol. The van der Waals surface area contributed by atoms with Crippen LogP contribution in [0.25, 0.3) is 0 Å². The number of nitrogens with one attached hydrogen (secondary N) is 1. The number of carbonyl (C=O) groups excluding carboxylic acids is 1. The third-order valence-electron chi connectivity index (χ3n) is 2.83. The van der Waals surface area contributed by atoms with E-state index in [0.717, 1.165) is 18.2 Å². The van der Waals surface area contributed by atoms with E-state index in [0.29, 0.717) is 0 Å². The molecule has 5 nitrogen and oxygen atoms in total. The van der Waals surface area contributed by atoms with Gasteiger partial charge in [-0.3, -0.25) is 9.59 Å². The summed E-state index contributed by atoms with van der Waals surface area (Å²) in [4.78, 5) is 23.7. The van der Waals surface area contributed by atoms with Crippen LogP contribution in [0.3, 0.4) is 0 Å². The summed E-state index contributed by atoms with van der Waals surface area (Å²) in [5.41, 5.74) is -0.307. The number of ether oxygens (including phenoxy) is 1. The average molecular weight is 294 g/mol. The van der Waals surface area contributed by atoms with Crippen molar-refractivity contribution in [3.05, 3.63) is 58.0 Å². The van der Waals surface area contributed by atoms with Crippen molar-refractivity contribution in [3.63, 3.8) is 0 Å². The van der Waals surface area contributed by atoms with Crippen LogP contribution in [0.1, 0.15) is 10.5 Å². The van der Waals surface area contributed by atoms with Gasteiger partial charge in [-0.05, 0) is 12.1 Å². The van der Waals surface area contributed by atoms with E-state index in [9.17, 15) is 18.4 Å². The summed E-state index contributed by atoms with van der Waals surface area (Å²) in [5.74, 6) is -2.61. The Morgan fingerprint density at radius 2 is 1.95 bits per heavy atom. The number of aromatic nitrogens is 1. The van der Waals surface area contributed by atoms with Crippen LogP contribution < -0.4 is 15.5 Å². The molecule has 0 saturated carbocycles. The molecule has 0 radical (unpaired) electrons. The minimum atomic E-state index is -1.07. The molecule has 0 saturated heterocycles. The third kappa shape index (κ3) is 3.07. The second kappa shape index (κ2) is 5.74. The molecule has 2 aromatic rings. The molecule has 0 aliphatic heterocycles. The first kappa shape index (κ1) is 14.7. The highest BCUT2D eigenvalue weighted by Gasteiger charge is 2.13. The molecule has 0 fully saturated rings. The lowest BCUT2D eigenvalue weighted by Gasteiger charge is -2.10. The van der Waals surface area contributed by atoms with Gasteiger partial charge in [-0.1, -0.05) is 0 Å². The zero-order chi connectivity index (χ0) is 15.6. The molecule has 1 amide bonds. The zero-order valence-electron chi connectivity index (χ0n) is 11.3. The van der Waals surface area contributed by atoms with Crippen molar-refractivity contribution in [3.8, 4) is 5.75 Å². The largest absolute Gasteiger partial charge is 0.491 e. The molecule has 0 atom stereocenters. The van der Waals surface area contributed by atoms with E-state index in [1.807, 2.05) is 0 Å². The summed E-state index contributed by atoms with van der Waals surface area (Å²) < 4.78 is 32.1. The van der Waals surface area contributed by atoms with Gasteiger partial charge in [0.1, 0.15) is 5.69 Å². The fraction of sp³-hybridized carbons (Fsp3) is 0.143. The maximum Gasteiger partial charge on any atom is 0.272 e. The summed E-state index contributed by atoms with van der Waals surface area (Å²) in [6.07, 6.45) is 1.36. The van der Waals surface area contributed by atoms with Crippen molar-refractivity contribution in [2.24, 2.45) is 7.05 Å². The lowest BCUT2D eigenvalue weighted by molar-refractivity contribution is 0.101. The van der Waals surface area contributed by atoms with Crippen molar-refractivity contribution in [1.82, 2.24) is 4.57 Å². The molecule has 1 heterocycles. The number of hydrogen-bond acceptors (Lipinski definition) is 3. The molecule has 0 bridgehead atoms. The summed E-state index contributed by atoms with van der Waals surface area (Å²) in [6, 6.07) is 4.08. The number of rotatable bonds is 3. The van der Waals surface area contributed by atoms with Crippen LogP contribution in [0.5, 0.6) is 5.75 Å². The van der Waals surface area contributed by atoms with Crippen LogP contribution in [-0.2, 0) is 7.05 Å². The lowest BCUT2D eigenvalue weighted by Crippen LogP contribution is -2.21. The molecule has 110 valence electrons. The van der Waals surface area contributed by atoms with E-state index < -0.39 is 23.0 Å². The van der Waals surface area contributed by atoms with E-state index in [4.69, 9.17) is 4.74 Å². The summed E-state index contributed by atoms with van der Waals surface area (Å²) in [6.45, 7) is 0. The fourth-order valence-corrected chi connectivity index (χ4v) is 1.75. The highest BCUT2D eigenvalue weighted by atomic mass is 19.2. The summed E-state index contributed by atoms with van der Waals surface area (Å²) in [5, 5.41) is 2.39. The van der Waals surface area contributed by atoms with Gasteiger partial charge in [-0.2, -0.15) is 0 Å². The quantitative estimate of drug-likeness (QED) is 0.941. The van der Waals surface area contributed by atoms with Gasteiger partial charge in [0.05, 0.1) is 13.3 Å². The van der Waals surface area contributed by atoms with Crippen LogP contribution in [0.4, 0.5) is 14.5 Å². The van der Waals surface area contributed by atoms with E-state index in [-0.39, 0.29) is 17.1 Å². The van der Waals surface area contributed by atoms with E-state index in [2.05, 4.69) is 5.32 Å². The van der Waals surface area contributed by atoms with Crippen LogP contribution in [0.2, 0.25) is 0 Å². The third-order valence-corrected chi connectivity index (χ3v) is 2.83. The van der Waals surface area contributed by atoms with Gasteiger partial charge >= 0.3 is 0 Å². The second-order valence-corrected chi connectivity index (χ2v) is 4.29. The van der Waals surface area contributed by atoms with Gasteiger partial charge < -0.3 is 14.6 Å². The molecular weight excluding hydrogens is 282 g/mol. The maximum absolute atomic E-state index is 13.1. The van der Waals surface area contributed by atoms with Gasteiger partial charge in [0.2, 0.25) is 5.43 Å². The number of amides is 1. The van der Waals surface area contributed by atoms with Crippen molar-refractivity contribution < 1.29 is 18.3 Å².